The first-order chi connectivity index (χ1) is 9.47. The highest BCUT2D eigenvalue weighted by molar-refractivity contribution is 6.30. The number of hydrogen-bond acceptors (Lipinski definition) is 2. The maximum Gasteiger partial charge on any atom is 0.251 e. The highest BCUT2D eigenvalue weighted by Crippen LogP contribution is 2.18. The number of amides is 1. The van der Waals surface area contributed by atoms with Crippen molar-refractivity contribution in [3.8, 4) is 0 Å². The van der Waals surface area contributed by atoms with Gasteiger partial charge in [0.2, 0.25) is 0 Å². The molecule has 20 heavy (non-hydrogen) atoms. The number of nitrogens with two attached hydrogens (primary N) is 1. The van der Waals surface area contributed by atoms with E-state index in [-0.39, 0.29) is 11.9 Å². The zero-order valence-electron chi connectivity index (χ0n) is 11.5. The fourth-order valence-electron chi connectivity index (χ4n) is 1.92. The quantitative estimate of drug-likeness (QED) is 0.846. The topological polar surface area (TPSA) is 55.1 Å². The number of carbonyl (C=O) groups is 1. The molecular weight excluding hydrogens is 272 g/mol. The first-order valence-corrected chi connectivity index (χ1v) is 6.77. The molecule has 0 aliphatic heterocycles. The van der Waals surface area contributed by atoms with Crippen LogP contribution in [0.25, 0.3) is 0 Å². The summed E-state index contributed by atoms with van der Waals surface area (Å²) >= 11 is 5.95. The molecule has 1 atom stereocenters. The lowest BCUT2D eigenvalue weighted by Crippen LogP contribution is -2.26. The summed E-state index contributed by atoms with van der Waals surface area (Å²) in [5.41, 5.74) is 8.93. The predicted octanol–water partition coefficient (Wildman–Crippen LogP) is 3.72. The smallest absolute Gasteiger partial charge is 0.251 e. The van der Waals surface area contributed by atoms with Crippen LogP contribution in [0.4, 0.5) is 5.69 Å². The molecule has 0 unspecified atom stereocenters. The molecule has 0 aliphatic carbocycles. The molecule has 0 aliphatic rings. The zero-order valence-corrected chi connectivity index (χ0v) is 12.2. The normalized spacial score (nSPS) is 11.9. The van der Waals surface area contributed by atoms with Crippen molar-refractivity contribution in [1.29, 1.82) is 0 Å². The Bertz CT molecular complexity index is 640. The first-order valence-electron chi connectivity index (χ1n) is 6.40. The monoisotopic (exact) mass is 288 g/mol. The van der Waals surface area contributed by atoms with E-state index in [1.54, 1.807) is 18.2 Å². The summed E-state index contributed by atoms with van der Waals surface area (Å²) in [5.74, 6) is -0.149. The van der Waals surface area contributed by atoms with Gasteiger partial charge in [-0.15, -0.1) is 0 Å². The second-order valence-electron chi connectivity index (χ2n) is 4.82. The van der Waals surface area contributed by atoms with Gasteiger partial charge in [0, 0.05) is 16.3 Å². The number of carbonyl (C=O) groups excluding carboxylic acids is 1. The Hall–Kier alpha value is -2.00. The van der Waals surface area contributed by atoms with Crippen molar-refractivity contribution in [3.05, 3.63) is 64.2 Å². The fraction of sp³-hybridized carbons (Fsp3) is 0.188. The van der Waals surface area contributed by atoms with Gasteiger partial charge in [0.15, 0.2) is 0 Å². The predicted molar refractivity (Wildman–Crippen MR) is 82.9 cm³/mol. The summed E-state index contributed by atoms with van der Waals surface area (Å²) in [5, 5.41) is 3.59. The van der Waals surface area contributed by atoms with Crippen LogP contribution in [0.5, 0.6) is 0 Å². The molecular formula is C16H17ClN2O. The van der Waals surface area contributed by atoms with E-state index >= 15 is 0 Å². The summed E-state index contributed by atoms with van der Waals surface area (Å²) in [6.45, 7) is 3.83. The van der Waals surface area contributed by atoms with Crippen molar-refractivity contribution < 1.29 is 4.79 Å². The molecule has 0 radical (unpaired) electrons. The lowest BCUT2D eigenvalue weighted by atomic mass is 10.1. The van der Waals surface area contributed by atoms with E-state index in [1.165, 1.54) is 0 Å². The minimum Gasteiger partial charge on any atom is -0.398 e. The summed E-state index contributed by atoms with van der Waals surface area (Å²) in [6.07, 6.45) is 0. The molecule has 2 rings (SSSR count). The molecule has 0 spiro atoms. The zero-order chi connectivity index (χ0) is 14.7. The molecule has 4 heteroatoms. The number of hydrogen-bond donors (Lipinski definition) is 2. The lowest BCUT2D eigenvalue weighted by Gasteiger charge is -2.15. The third-order valence-corrected chi connectivity index (χ3v) is 3.47. The number of nitrogen functional groups attached to an aromatic ring is 1. The number of nitrogens with one attached hydrogen (secondary N) is 1. The second-order valence-corrected chi connectivity index (χ2v) is 5.26. The van der Waals surface area contributed by atoms with Crippen LogP contribution in [0, 0.1) is 6.92 Å². The van der Waals surface area contributed by atoms with Crippen LogP contribution in [-0.4, -0.2) is 5.91 Å². The van der Waals surface area contributed by atoms with E-state index < -0.39 is 0 Å². The van der Waals surface area contributed by atoms with E-state index in [2.05, 4.69) is 5.32 Å². The van der Waals surface area contributed by atoms with Gasteiger partial charge in [0.05, 0.1) is 6.04 Å². The number of aryl methyl sites for hydroxylation is 1. The molecule has 3 N–H and O–H groups in total. The van der Waals surface area contributed by atoms with Crippen LogP contribution in [0.3, 0.4) is 0 Å². The average Bonchev–Trinajstić information content (AvgIpc) is 2.41. The maximum absolute atomic E-state index is 12.2. The van der Waals surface area contributed by atoms with Crippen LogP contribution in [-0.2, 0) is 0 Å². The Morgan fingerprint density at radius 3 is 2.65 bits per heavy atom. The molecule has 1 amide bonds. The molecule has 0 saturated carbocycles. The molecule has 2 aromatic rings. The van der Waals surface area contributed by atoms with Gasteiger partial charge in [-0.3, -0.25) is 4.79 Å². The SMILES string of the molecule is Cc1ccc(C(=O)N[C@@H](C)c2cccc(Cl)c2)cc1N. The number of benzene rings is 2. The number of rotatable bonds is 3. The molecule has 2 aromatic carbocycles. The van der Waals surface area contributed by atoms with E-state index in [4.69, 9.17) is 17.3 Å². The standard InChI is InChI=1S/C16H17ClN2O/c1-10-6-7-13(9-15(10)18)16(20)19-11(2)12-4-3-5-14(17)8-12/h3-9,11H,18H2,1-2H3,(H,19,20)/t11-/m0/s1. The fourth-order valence-corrected chi connectivity index (χ4v) is 2.12. The molecule has 3 nitrogen and oxygen atoms in total. The van der Waals surface area contributed by atoms with Crippen LogP contribution < -0.4 is 11.1 Å². The molecule has 0 bridgehead atoms. The highest BCUT2D eigenvalue weighted by Gasteiger charge is 2.12. The minimum atomic E-state index is -0.149. The Balaban J connectivity index is 2.13. The Kier molecular flexibility index (Phi) is 4.30. The van der Waals surface area contributed by atoms with Crippen molar-refractivity contribution in [2.24, 2.45) is 0 Å². The average molecular weight is 289 g/mol. The van der Waals surface area contributed by atoms with Gasteiger partial charge in [0.1, 0.15) is 0 Å². The van der Waals surface area contributed by atoms with Gasteiger partial charge in [-0.2, -0.15) is 0 Å². The van der Waals surface area contributed by atoms with Crippen LogP contribution >= 0.6 is 11.6 Å². The first kappa shape index (κ1) is 14.4. The second kappa shape index (κ2) is 5.97. The highest BCUT2D eigenvalue weighted by atomic mass is 35.5. The molecule has 0 saturated heterocycles. The van der Waals surface area contributed by atoms with Gasteiger partial charge in [0.25, 0.3) is 5.91 Å². The third-order valence-electron chi connectivity index (χ3n) is 3.24. The maximum atomic E-state index is 12.2. The third kappa shape index (κ3) is 3.31. The van der Waals surface area contributed by atoms with Crippen molar-refractivity contribution in [2.75, 3.05) is 5.73 Å². The summed E-state index contributed by atoms with van der Waals surface area (Å²) in [6, 6.07) is 12.6. The van der Waals surface area contributed by atoms with Crippen molar-refractivity contribution in [1.82, 2.24) is 5.32 Å². The number of anilines is 1. The van der Waals surface area contributed by atoms with E-state index in [9.17, 15) is 4.79 Å². The Morgan fingerprint density at radius 1 is 1.25 bits per heavy atom. The van der Waals surface area contributed by atoms with Crippen molar-refractivity contribution >= 4 is 23.2 Å². The van der Waals surface area contributed by atoms with Gasteiger partial charge < -0.3 is 11.1 Å². The van der Waals surface area contributed by atoms with Crippen LogP contribution in [0.1, 0.15) is 34.5 Å². The van der Waals surface area contributed by atoms with E-state index in [1.807, 2.05) is 38.1 Å². The minimum absolute atomic E-state index is 0.122. The molecule has 0 fully saturated rings. The molecule has 0 heterocycles. The van der Waals surface area contributed by atoms with Crippen LogP contribution in [0.15, 0.2) is 42.5 Å². The van der Waals surface area contributed by atoms with Gasteiger partial charge in [-0.1, -0.05) is 29.8 Å². The van der Waals surface area contributed by atoms with Crippen molar-refractivity contribution in [3.63, 3.8) is 0 Å². The molecule has 104 valence electrons. The number of halogens is 1. The van der Waals surface area contributed by atoms with Crippen molar-refractivity contribution in [2.45, 2.75) is 19.9 Å². The molecule has 0 aromatic heterocycles. The summed E-state index contributed by atoms with van der Waals surface area (Å²) < 4.78 is 0. The summed E-state index contributed by atoms with van der Waals surface area (Å²) in [7, 11) is 0. The van der Waals surface area contributed by atoms with Crippen LogP contribution in [0.2, 0.25) is 5.02 Å². The Labute approximate surface area is 123 Å². The van der Waals surface area contributed by atoms with Gasteiger partial charge in [-0.05, 0) is 49.2 Å². The van der Waals surface area contributed by atoms with E-state index in [0.717, 1.165) is 11.1 Å². The van der Waals surface area contributed by atoms with E-state index in [0.29, 0.717) is 16.3 Å². The Morgan fingerprint density at radius 2 is 2.00 bits per heavy atom. The van der Waals surface area contributed by atoms with Gasteiger partial charge >= 0.3 is 0 Å². The van der Waals surface area contributed by atoms with Gasteiger partial charge in [-0.25, -0.2) is 0 Å². The largest absolute Gasteiger partial charge is 0.398 e. The summed E-state index contributed by atoms with van der Waals surface area (Å²) in [4.78, 5) is 12.2. The lowest BCUT2D eigenvalue weighted by molar-refractivity contribution is 0.0940.